The van der Waals surface area contributed by atoms with Crippen LogP contribution in [-0.2, 0) is 0 Å². The monoisotopic (exact) mass is 424 g/mol. The summed E-state index contributed by atoms with van der Waals surface area (Å²) in [7, 11) is 0. The molecule has 1 aliphatic rings. The minimum Gasteiger partial charge on any atom is -0.507 e. The molecule has 0 saturated carbocycles. The Labute approximate surface area is 155 Å². The van der Waals surface area contributed by atoms with E-state index in [9.17, 15) is 5.11 Å². The van der Waals surface area contributed by atoms with E-state index in [1.54, 1.807) is 17.4 Å². The molecule has 2 N–H and O–H groups in total. The lowest BCUT2D eigenvalue weighted by molar-refractivity contribution is 0.200. The predicted molar refractivity (Wildman–Crippen MR) is 101 cm³/mol. The van der Waals surface area contributed by atoms with Gasteiger partial charge in [-0.25, -0.2) is 0 Å². The Bertz CT molecular complexity index is 577. The molecule has 1 aromatic heterocycles. The lowest BCUT2D eigenvalue weighted by Gasteiger charge is -2.34. The number of nitrogens with one attached hydrogen (secondary N) is 1. The fraction of sp³-hybridized carbons (Fsp3) is 0.333. The van der Waals surface area contributed by atoms with Crippen LogP contribution < -0.4 is 5.32 Å². The molecule has 3 nitrogen and oxygen atoms in total. The van der Waals surface area contributed by atoms with E-state index in [0.717, 1.165) is 30.7 Å². The van der Waals surface area contributed by atoms with Gasteiger partial charge in [0.2, 0.25) is 0 Å². The molecule has 1 fully saturated rings. The summed E-state index contributed by atoms with van der Waals surface area (Å²) >= 11 is 5.21. The standard InChI is InChI=1S/C15H17BrN2OS.2ClH/c16-12-10-11(3-4-13(12)19)15(14-2-1-9-20-14)18-7-5-17-6-8-18;;/h1-4,9-10,15,17,19H,5-8H2;2*1H/t15-;;/m1../s1. The first-order valence-electron chi connectivity index (χ1n) is 6.72. The maximum absolute atomic E-state index is 9.70. The van der Waals surface area contributed by atoms with Crippen LogP contribution in [-0.4, -0.2) is 36.2 Å². The zero-order valence-corrected chi connectivity index (χ0v) is 15.9. The van der Waals surface area contributed by atoms with E-state index in [-0.39, 0.29) is 30.9 Å². The Balaban J connectivity index is 0.00000121. The number of hydrogen-bond donors (Lipinski definition) is 2. The van der Waals surface area contributed by atoms with Gasteiger partial charge in [0.05, 0.1) is 10.5 Å². The zero-order valence-electron chi connectivity index (χ0n) is 11.9. The van der Waals surface area contributed by atoms with Crippen LogP contribution in [0.5, 0.6) is 5.75 Å². The van der Waals surface area contributed by atoms with Crippen molar-refractivity contribution in [1.29, 1.82) is 0 Å². The van der Waals surface area contributed by atoms with Crippen LogP contribution in [0.1, 0.15) is 16.5 Å². The summed E-state index contributed by atoms with van der Waals surface area (Å²) in [6, 6.07) is 10.4. The number of benzene rings is 1. The summed E-state index contributed by atoms with van der Waals surface area (Å²) in [4.78, 5) is 3.85. The summed E-state index contributed by atoms with van der Waals surface area (Å²) in [5, 5.41) is 15.2. The predicted octanol–water partition coefficient (Wildman–Crippen LogP) is 4.05. The van der Waals surface area contributed by atoms with Gasteiger partial charge in [0, 0.05) is 31.1 Å². The second-order valence-corrected chi connectivity index (χ2v) is 6.75. The molecule has 0 radical (unpaired) electrons. The molecule has 0 spiro atoms. The Morgan fingerprint density at radius 1 is 1.18 bits per heavy atom. The normalized spacial score (nSPS) is 16.4. The van der Waals surface area contributed by atoms with Crippen molar-refractivity contribution >= 4 is 52.1 Å². The van der Waals surface area contributed by atoms with Crippen molar-refractivity contribution in [3.05, 3.63) is 50.6 Å². The smallest absolute Gasteiger partial charge is 0.129 e. The third kappa shape index (κ3) is 4.37. The minimum absolute atomic E-state index is 0. The number of phenolic OH excluding ortho intramolecular Hbond substituents is 1. The number of aromatic hydroxyl groups is 1. The van der Waals surface area contributed by atoms with Gasteiger partial charge in [-0.05, 0) is 45.1 Å². The Morgan fingerprint density at radius 3 is 2.50 bits per heavy atom. The summed E-state index contributed by atoms with van der Waals surface area (Å²) in [6.07, 6.45) is 0. The topological polar surface area (TPSA) is 35.5 Å². The van der Waals surface area contributed by atoms with Crippen molar-refractivity contribution < 1.29 is 5.11 Å². The first kappa shape index (κ1) is 19.7. The molecule has 0 unspecified atom stereocenters. The van der Waals surface area contributed by atoms with E-state index in [4.69, 9.17) is 0 Å². The second-order valence-electron chi connectivity index (χ2n) is 4.91. The zero-order chi connectivity index (χ0) is 13.9. The molecule has 2 heterocycles. The first-order valence-corrected chi connectivity index (χ1v) is 8.39. The van der Waals surface area contributed by atoms with E-state index >= 15 is 0 Å². The molecule has 1 aliphatic heterocycles. The van der Waals surface area contributed by atoms with Crippen molar-refractivity contribution in [3.63, 3.8) is 0 Å². The lowest BCUT2D eigenvalue weighted by atomic mass is 10.0. The molecule has 2 aromatic rings. The molecule has 1 saturated heterocycles. The van der Waals surface area contributed by atoms with Crippen LogP contribution in [0.4, 0.5) is 0 Å². The van der Waals surface area contributed by atoms with Gasteiger partial charge in [-0.15, -0.1) is 36.2 Å². The Morgan fingerprint density at radius 2 is 1.91 bits per heavy atom. The molecular weight excluding hydrogens is 407 g/mol. The Kier molecular flexibility index (Phi) is 8.17. The van der Waals surface area contributed by atoms with Crippen molar-refractivity contribution in [1.82, 2.24) is 10.2 Å². The number of halogens is 3. The van der Waals surface area contributed by atoms with Gasteiger partial charge in [-0.2, -0.15) is 0 Å². The molecule has 7 heteroatoms. The average molecular weight is 426 g/mol. The number of thiophene rings is 1. The van der Waals surface area contributed by atoms with Crippen LogP contribution in [0, 0.1) is 0 Å². The number of nitrogens with zero attached hydrogens (tertiary/aromatic N) is 1. The maximum Gasteiger partial charge on any atom is 0.129 e. The molecule has 1 atom stereocenters. The third-order valence-electron chi connectivity index (χ3n) is 3.62. The molecular formula is C15H19BrCl2N2OS. The van der Waals surface area contributed by atoms with Gasteiger partial charge >= 0.3 is 0 Å². The van der Waals surface area contributed by atoms with Crippen molar-refractivity contribution in [2.45, 2.75) is 6.04 Å². The molecule has 22 heavy (non-hydrogen) atoms. The molecule has 1 aromatic carbocycles. The van der Waals surface area contributed by atoms with E-state index < -0.39 is 0 Å². The van der Waals surface area contributed by atoms with Crippen LogP contribution in [0.2, 0.25) is 0 Å². The van der Waals surface area contributed by atoms with E-state index in [0.29, 0.717) is 5.75 Å². The molecule has 0 amide bonds. The number of rotatable bonds is 3. The number of hydrogen-bond acceptors (Lipinski definition) is 4. The lowest BCUT2D eigenvalue weighted by Crippen LogP contribution is -2.45. The highest BCUT2D eigenvalue weighted by Crippen LogP contribution is 2.35. The quantitative estimate of drug-likeness (QED) is 0.778. The van der Waals surface area contributed by atoms with E-state index in [1.165, 1.54) is 10.4 Å². The van der Waals surface area contributed by atoms with Gasteiger partial charge in [0.1, 0.15) is 5.75 Å². The SMILES string of the molecule is Cl.Cl.Oc1ccc([C@H](c2cccs2)N2CCNCC2)cc1Br. The summed E-state index contributed by atoms with van der Waals surface area (Å²) in [5.74, 6) is 0.291. The molecule has 122 valence electrons. The van der Waals surface area contributed by atoms with Crippen LogP contribution in [0.3, 0.4) is 0 Å². The van der Waals surface area contributed by atoms with Crippen LogP contribution in [0.15, 0.2) is 40.2 Å². The van der Waals surface area contributed by atoms with Crippen molar-refractivity contribution in [2.24, 2.45) is 0 Å². The van der Waals surface area contributed by atoms with Crippen molar-refractivity contribution in [2.75, 3.05) is 26.2 Å². The van der Waals surface area contributed by atoms with Crippen LogP contribution in [0.25, 0.3) is 0 Å². The van der Waals surface area contributed by atoms with Gasteiger partial charge in [0.25, 0.3) is 0 Å². The van der Waals surface area contributed by atoms with Gasteiger partial charge in [0.15, 0.2) is 0 Å². The van der Waals surface area contributed by atoms with Crippen LogP contribution >= 0.6 is 52.1 Å². The highest BCUT2D eigenvalue weighted by molar-refractivity contribution is 9.10. The molecule has 0 aliphatic carbocycles. The second kappa shape index (κ2) is 9.11. The first-order chi connectivity index (χ1) is 9.75. The third-order valence-corrected chi connectivity index (χ3v) is 5.18. The number of piperazine rings is 1. The Hall–Kier alpha value is -0.300. The summed E-state index contributed by atoms with van der Waals surface area (Å²) in [5.41, 5.74) is 1.22. The highest BCUT2D eigenvalue weighted by Gasteiger charge is 2.25. The molecule has 3 rings (SSSR count). The summed E-state index contributed by atoms with van der Waals surface area (Å²) < 4.78 is 0.756. The fourth-order valence-corrected chi connectivity index (χ4v) is 3.92. The van der Waals surface area contributed by atoms with E-state index in [1.807, 2.05) is 12.1 Å². The molecule has 0 bridgehead atoms. The maximum atomic E-state index is 9.70. The van der Waals surface area contributed by atoms with Gasteiger partial charge in [-0.1, -0.05) is 12.1 Å². The van der Waals surface area contributed by atoms with E-state index in [2.05, 4.69) is 43.7 Å². The number of phenols is 1. The minimum atomic E-state index is 0. The fourth-order valence-electron chi connectivity index (χ4n) is 2.64. The van der Waals surface area contributed by atoms with Gasteiger partial charge < -0.3 is 10.4 Å². The largest absolute Gasteiger partial charge is 0.507 e. The summed E-state index contributed by atoms with van der Waals surface area (Å²) in [6.45, 7) is 4.14. The van der Waals surface area contributed by atoms with Gasteiger partial charge in [-0.3, -0.25) is 4.90 Å². The average Bonchev–Trinajstić information content (AvgIpc) is 2.98. The van der Waals surface area contributed by atoms with Crippen molar-refractivity contribution in [3.8, 4) is 5.75 Å². The highest BCUT2D eigenvalue weighted by atomic mass is 79.9.